The van der Waals surface area contributed by atoms with Gasteiger partial charge >= 0.3 is 0 Å². The lowest BCUT2D eigenvalue weighted by molar-refractivity contribution is 0.221. The molecule has 0 bridgehead atoms. The molecule has 0 radical (unpaired) electrons. The summed E-state index contributed by atoms with van der Waals surface area (Å²) in [6.45, 7) is 2.36. The molecule has 0 amide bonds. The van der Waals surface area contributed by atoms with Crippen molar-refractivity contribution >= 4 is 26.7 Å². The second kappa shape index (κ2) is 6.09. The van der Waals surface area contributed by atoms with Gasteiger partial charge in [0.2, 0.25) is 0 Å². The summed E-state index contributed by atoms with van der Waals surface area (Å²) >= 11 is 3.44. The van der Waals surface area contributed by atoms with Gasteiger partial charge in [0.05, 0.1) is 0 Å². The van der Waals surface area contributed by atoms with Crippen molar-refractivity contribution in [2.75, 3.05) is 31.1 Å². The van der Waals surface area contributed by atoms with E-state index in [4.69, 9.17) is 5.73 Å². The highest BCUT2D eigenvalue weighted by atomic mass is 79.9. The molecule has 94 valence electrons. The number of nitrogens with two attached hydrogens (primary N) is 1. The summed E-state index contributed by atoms with van der Waals surface area (Å²) in [7, 11) is -0.629. The van der Waals surface area contributed by atoms with Crippen LogP contribution in [0.3, 0.4) is 0 Å². The van der Waals surface area contributed by atoms with Gasteiger partial charge in [-0.2, -0.15) is 0 Å². The number of hydrogen-bond acceptors (Lipinski definition) is 3. The van der Waals surface area contributed by atoms with Crippen molar-refractivity contribution in [3.63, 3.8) is 0 Å². The Morgan fingerprint density at radius 1 is 1.29 bits per heavy atom. The van der Waals surface area contributed by atoms with Crippen LogP contribution in [0.1, 0.15) is 11.6 Å². The molecule has 1 aliphatic rings. The molecule has 1 heterocycles. The SMILES string of the molecule is NCC(c1ccc(Br)cc1)N1CCS(=O)CC1. The van der Waals surface area contributed by atoms with Crippen LogP contribution < -0.4 is 5.73 Å². The Balaban J connectivity index is 2.10. The van der Waals surface area contributed by atoms with E-state index in [9.17, 15) is 4.21 Å². The summed E-state index contributed by atoms with van der Waals surface area (Å²) < 4.78 is 12.4. The van der Waals surface area contributed by atoms with Crippen molar-refractivity contribution in [3.05, 3.63) is 34.3 Å². The van der Waals surface area contributed by atoms with E-state index in [1.165, 1.54) is 5.56 Å². The Morgan fingerprint density at radius 3 is 2.41 bits per heavy atom. The van der Waals surface area contributed by atoms with E-state index in [2.05, 4.69) is 33.0 Å². The topological polar surface area (TPSA) is 46.3 Å². The molecule has 1 aromatic carbocycles. The van der Waals surface area contributed by atoms with Crippen molar-refractivity contribution in [1.82, 2.24) is 4.90 Å². The molecule has 0 spiro atoms. The highest BCUT2D eigenvalue weighted by Crippen LogP contribution is 2.22. The van der Waals surface area contributed by atoms with Crippen LogP contribution >= 0.6 is 15.9 Å². The Morgan fingerprint density at radius 2 is 1.88 bits per heavy atom. The lowest BCUT2D eigenvalue weighted by atomic mass is 10.1. The fraction of sp³-hybridized carbons (Fsp3) is 0.500. The quantitative estimate of drug-likeness (QED) is 0.919. The van der Waals surface area contributed by atoms with E-state index >= 15 is 0 Å². The first-order valence-electron chi connectivity index (χ1n) is 5.75. The Labute approximate surface area is 113 Å². The molecule has 2 rings (SSSR count). The van der Waals surface area contributed by atoms with Crippen LogP contribution in [0.15, 0.2) is 28.7 Å². The van der Waals surface area contributed by atoms with Crippen LogP contribution in [0, 0.1) is 0 Å². The minimum atomic E-state index is -0.629. The number of rotatable bonds is 3. The smallest absolute Gasteiger partial charge is 0.0471 e. The molecular formula is C12H17BrN2OS. The zero-order chi connectivity index (χ0) is 12.3. The van der Waals surface area contributed by atoms with E-state index < -0.39 is 10.8 Å². The molecule has 17 heavy (non-hydrogen) atoms. The van der Waals surface area contributed by atoms with E-state index in [-0.39, 0.29) is 6.04 Å². The summed E-state index contributed by atoms with van der Waals surface area (Å²) in [6, 6.07) is 8.54. The van der Waals surface area contributed by atoms with Gasteiger partial charge in [0.15, 0.2) is 0 Å². The number of halogens is 1. The van der Waals surface area contributed by atoms with Gasteiger partial charge < -0.3 is 5.73 Å². The molecule has 1 aromatic rings. The van der Waals surface area contributed by atoms with E-state index in [1.54, 1.807) is 0 Å². The molecule has 3 nitrogen and oxygen atoms in total. The predicted octanol–water partition coefficient (Wildman–Crippen LogP) is 1.51. The van der Waals surface area contributed by atoms with Gasteiger partial charge in [0.25, 0.3) is 0 Å². The van der Waals surface area contributed by atoms with E-state index in [0.29, 0.717) is 6.54 Å². The minimum Gasteiger partial charge on any atom is -0.329 e. The molecule has 0 aliphatic carbocycles. The van der Waals surface area contributed by atoms with Crippen LogP contribution in [0.2, 0.25) is 0 Å². The maximum atomic E-state index is 11.3. The zero-order valence-electron chi connectivity index (χ0n) is 9.64. The molecule has 1 aliphatic heterocycles. The second-order valence-corrected chi connectivity index (χ2v) is 6.80. The zero-order valence-corrected chi connectivity index (χ0v) is 12.0. The molecule has 1 unspecified atom stereocenters. The van der Waals surface area contributed by atoms with Gasteiger partial charge in [0.1, 0.15) is 0 Å². The molecule has 5 heteroatoms. The first-order chi connectivity index (χ1) is 8.20. The van der Waals surface area contributed by atoms with Crippen molar-refractivity contribution < 1.29 is 4.21 Å². The Hall–Kier alpha value is -0.230. The minimum absolute atomic E-state index is 0.250. The van der Waals surface area contributed by atoms with E-state index in [0.717, 1.165) is 29.1 Å². The van der Waals surface area contributed by atoms with Gasteiger partial charge in [-0.25, -0.2) is 0 Å². The molecule has 1 saturated heterocycles. The number of hydrogen-bond donors (Lipinski definition) is 1. The van der Waals surface area contributed by atoms with Crippen LogP contribution in [0.4, 0.5) is 0 Å². The molecule has 1 atom stereocenters. The lowest BCUT2D eigenvalue weighted by Crippen LogP contribution is -2.42. The summed E-state index contributed by atoms with van der Waals surface area (Å²) in [4.78, 5) is 2.34. The van der Waals surface area contributed by atoms with E-state index in [1.807, 2.05) is 12.1 Å². The van der Waals surface area contributed by atoms with Gasteiger partial charge in [0, 0.05) is 52.5 Å². The highest BCUT2D eigenvalue weighted by Gasteiger charge is 2.23. The third-order valence-electron chi connectivity index (χ3n) is 3.13. The van der Waals surface area contributed by atoms with Crippen molar-refractivity contribution in [2.24, 2.45) is 5.73 Å². The third kappa shape index (κ3) is 3.37. The number of benzene rings is 1. The average molecular weight is 317 g/mol. The van der Waals surface area contributed by atoms with Crippen LogP contribution in [0.5, 0.6) is 0 Å². The molecular weight excluding hydrogens is 300 g/mol. The van der Waals surface area contributed by atoms with Crippen LogP contribution in [-0.4, -0.2) is 40.2 Å². The van der Waals surface area contributed by atoms with Crippen molar-refractivity contribution in [1.29, 1.82) is 0 Å². The predicted molar refractivity (Wildman–Crippen MR) is 75.4 cm³/mol. The van der Waals surface area contributed by atoms with Gasteiger partial charge in [-0.3, -0.25) is 9.11 Å². The van der Waals surface area contributed by atoms with Crippen molar-refractivity contribution in [2.45, 2.75) is 6.04 Å². The largest absolute Gasteiger partial charge is 0.329 e. The fourth-order valence-electron chi connectivity index (χ4n) is 2.14. The second-order valence-electron chi connectivity index (χ2n) is 4.19. The van der Waals surface area contributed by atoms with Gasteiger partial charge in [-0.05, 0) is 17.7 Å². The standard InChI is InChI=1S/C12H17BrN2OS/c13-11-3-1-10(2-4-11)12(9-14)15-5-7-17(16)8-6-15/h1-4,12H,5-9,14H2. The third-order valence-corrected chi connectivity index (χ3v) is 4.94. The summed E-state index contributed by atoms with van der Waals surface area (Å²) in [6.07, 6.45) is 0. The molecule has 0 saturated carbocycles. The summed E-state index contributed by atoms with van der Waals surface area (Å²) in [5.74, 6) is 1.54. The lowest BCUT2D eigenvalue weighted by Gasteiger charge is -2.33. The average Bonchev–Trinajstić information content (AvgIpc) is 2.35. The maximum absolute atomic E-state index is 11.3. The summed E-state index contributed by atoms with van der Waals surface area (Å²) in [5.41, 5.74) is 7.12. The Bertz CT molecular complexity index is 386. The van der Waals surface area contributed by atoms with Crippen LogP contribution in [-0.2, 0) is 10.8 Å². The normalized spacial score (nSPS) is 20.4. The van der Waals surface area contributed by atoms with Crippen LogP contribution in [0.25, 0.3) is 0 Å². The first-order valence-corrected chi connectivity index (χ1v) is 8.03. The molecule has 1 fully saturated rings. The number of nitrogens with zero attached hydrogens (tertiary/aromatic N) is 1. The van der Waals surface area contributed by atoms with Crippen molar-refractivity contribution in [3.8, 4) is 0 Å². The Kier molecular flexibility index (Phi) is 4.73. The maximum Gasteiger partial charge on any atom is 0.0471 e. The highest BCUT2D eigenvalue weighted by molar-refractivity contribution is 9.10. The monoisotopic (exact) mass is 316 g/mol. The van der Waals surface area contributed by atoms with Gasteiger partial charge in [-0.15, -0.1) is 0 Å². The first kappa shape index (κ1) is 13.2. The molecule has 2 N–H and O–H groups in total. The van der Waals surface area contributed by atoms with Gasteiger partial charge in [-0.1, -0.05) is 28.1 Å². The summed E-state index contributed by atoms with van der Waals surface area (Å²) in [5, 5.41) is 0. The fourth-order valence-corrected chi connectivity index (χ4v) is 3.49. The molecule has 0 aromatic heterocycles.